The second-order valence-corrected chi connectivity index (χ2v) is 10.8. The Morgan fingerprint density at radius 1 is 1.29 bits per heavy atom. The molecule has 3 aromatic heterocycles. The molecule has 2 unspecified atom stereocenters. The number of H-pyrrole nitrogens is 1. The van der Waals surface area contributed by atoms with Gasteiger partial charge in [-0.1, -0.05) is 11.6 Å². The van der Waals surface area contributed by atoms with E-state index in [9.17, 15) is 14.4 Å². The predicted molar refractivity (Wildman–Crippen MR) is 151 cm³/mol. The highest BCUT2D eigenvalue weighted by molar-refractivity contribution is 6.04. The van der Waals surface area contributed by atoms with E-state index in [4.69, 9.17) is 9.73 Å². The number of pyridine rings is 1. The molecule has 0 spiro atoms. The van der Waals surface area contributed by atoms with Crippen LogP contribution in [0.2, 0.25) is 0 Å². The summed E-state index contributed by atoms with van der Waals surface area (Å²) in [4.78, 5) is 22.8. The number of aromatic nitrogens is 5. The lowest BCUT2D eigenvalue weighted by Gasteiger charge is -2.41. The molecule has 3 N–H and O–H groups in total. The van der Waals surface area contributed by atoms with Crippen LogP contribution in [0.15, 0.2) is 53.4 Å². The number of rotatable bonds is 7. The summed E-state index contributed by atoms with van der Waals surface area (Å²) >= 11 is 0. The van der Waals surface area contributed by atoms with Gasteiger partial charge in [-0.2, -0.15) is 15.5 Å². The largest absolute Gasteiger partial charge is 0.368 e. The van der Waals surface area contributed by atoms with Crippen LogP contribution in [0.3, 0.4) is 0 Å². The number of nitriles is 1. The fourth-order valence-electron chi connectivity index (χ4n) is 5.68. The molecule has 3 aromatic rings. The van der Waals surface area contributed by atoms with Gasteiger partial charge in [-0.25, -0.2) is 14.1 Å². The number of dihydropyridines is 1. The molecule has 0 bridgehead atoms. The van der Waals surface area contributed by atoms with Gasteiger partial charge in [0.15, 0.2) is 17.5 Å². The molecule has 0 aromatic carbocycles. The van der Waals surface area contributed by atoms with E-state index in [1.807, 2.05) is 39.0 Å². The number of methoxy groups -OCH3 is 1. The molecular formula is C29H34FN9O2. The summed E-state index contributed by atoms with van der Waals surface area (Å²) in [5, 5.41) is 27.4. The maximum atomic E-state index is 13.5. The van der Waals surface area contributed by atoms with Gasteiger partial charge in [0.05, 0.1) is 36.5 Å². The van der Waals surface area contributed by atoms with E-state index < -0.39 is 11.4 Å². The van der Waals surface area contributed by atoms with Crippen molar-refractivity contribution in [2.45, 2.75) is 64.1 Å². The average molecular weight is 560 g/mol. The van der Waals surface area contributed by atoms with Gasteiger partial charge in [0.2, 0.25) is 0 Å². The molecule has 1 amide bonds. The monoisotopic (exact) mass is 559 g/mol. The first-order valence-corrected chi connectivity index (χ1v) is 13.7. The summed E-state index contributed by atoms with van der Waals surface area (Å²) in [6, 6.07) is 7.35. The van der Waals surface area contributed by atoms with Crippen LogP contribution in [0.4, 0.5) is 10.2 Å². The molecule has 4 heterocycles. The van der Waals surface area contributed by atoms with E-state index in [0.717, 1.165) is 23.0 Å². The first-order valence-electron chi connectivity index (χ1n) is 13.7. The molecule has 1 saturated carbocycles. The smallest absolute Gasteiger partial charge is 0.252 e. The van der Waals surface area contributed by atoms with Crippen molar-refractivity contribution < 1.29 is 13.9 Å². The van der Waals surface area contributed by atoms with E-state index in [0.29, 0.717) is 43.2 Å². The lowest BCUT2D eigenvalue weighted by Crippen LogP contribution is -2.52. The molecule has 5 rings (SSSR count). The average Bonchev–Trinajstić information content (AvgIpc) is 3.60. The third-order valence-electron chi connectivity index (χ3n) is 8.12. The molecule has 214 valence electrons. The van der Waals surface area contributed by atoms with Crippen LogP contribution in [0.25, 0.3) is 5.82 Å². The summed E-state index contributed by atoms with van der Waals surface area (Å²) in [7, 11) is 1.57. The zero-order valence-corrected chi connectivity index (χ0v) is 23.6. The maximum Gasteiger partial charge on any atom is 0.252 e. The highest BCUT2D eigenvalue weighted by atomic mass is 19.1. The number of amidine groups is 1. The zero-order chi connectivity index (χ0) is 29.1. The third kappa shape index (κ3) is 5.90. The van der Waals surface area contributed by atoms with E-state index >= 15 is 0 Å². The summed E-state index contributed by atoms with van der Waals surface area (Å²) in [5.74, 6) is 1.00. The second kappa shape index (κ2) is 11.6. The molecule has 12 heteroatoms. The number of nitrogens with one attached hydrogen (secondary N) is 3. The standard InChI is InChI=1S/C29H34FN9O2/c1-17-11-24(35-25-12-18(2)37-38-25)36-27(23(17)13-31)20-7-9-29(41-4,10-8-20)28(40)34-19(3)21-5-6-26(32-14-21)39-16-22(30)15-33-39/h5-6,11-12,14-16,19-20,23,27H,7-10H2,1-4H3,(H,34,40)(H2,35,36,37,38)/t19-,20?,23?,27?,29?/m0/s1. The summed E-state index contributed by atoms with van der Waals surface area (Å²) in [6.45, 7) is 5.77. The minimum atomic E-state index is -0.968. The molecule has 1 fully saturated rings. The number of anilines is 1. The third-order valence-corrected chi connectivity index (χ3v) is 8.12. The van der Waals surface area contributed by atoms with Crippen molar-refractivity contribution in [3.05, 3.63) is 65.5 Å². The molecule has 0 radical (unpaired) electrons. The fourth-order valence-corrected chi connectivity index (χ4v) is 5.68. The fraction of sp³-hybridized carbons (Fsp3) is 0.448. The van der Waals surface area contributed by atoms with Crippen molar-refractivity contribution in [1.82, 2.24) is 30.3 Å². The summed E-state index contributed by atoms with van der Waals surface area (Å²) < 4.78 is 20.5. The number of halogens is 1. The Morgan fingerprint density at radius 3 is 2.66 bits per heavy atom. The molecular weight excluding hydrogens is 525 g/mol. The van der Waals surface area contributed by atoms with Gasteiger partial charge in [-0.15, -0.1) is 0 Å². The van der Waals surface area contributed by atoms with Gasteiger partial charge in [0, 0.05) is 25.1 Å². The number of aromatic amines is 1. The first kappa shape index (κ1) is 28.2. The number of hydrogen-bond acceptors (Lipinski definition) is 8. The second-order valence-electron chi connectivity index (χ2n) is 10.8. The molecule has 1 aliphatic heterocycles. The van der Waals surface area contributed by atoms with Gasteiger partial charge in [-0.3, -0.25) is 14.9 Å². The number of aliphatic imine (C=N–C) groups is 1. The lowest BCUT2D eigenvalue weighted by molar-refractivity contribution is -0.149. The number of carbonyl (C=O) groups is 1. The van der Waals surface area contributed by atoms with Gasteiger partial charge >= 0.3 is 0 Å². The van der Waals surface area contributed by atoms with E-state index in [1.165, 1.54) is 10.9 Å². The normalized spacial score (nSPS) is 25.0. The van der Waals surface area contributed by atoms with E-state index in [1.54, 1.807) is 19.4 Å². The van der Waals surface area contributed by atoms with Crippen LogP contribution in [-0.4, -0.2) is 55.5 Å². The van der Waals surface area contributed by atoms with Crippen LogP contribution in [0.1, 0.15) is 56.8 Å². The zero-order valence-electron chi connectivity index (χ0n) is 23.6. The lowest BCUT2D eigenvalue weighted by atomic mass is 9.71. The SMILES string of the molecule is COC1(C(=O)N[C@@H](C)c2ccc(-n3cc(F)cn3)nc2)CCC(C2N=C(Nc3cc(C)[nH]n3)C=C(C)C2C#N)CC1. The molecule has 2 aliphatic rings. The number of amides is 1. The van der Waals surface area contributed by atoms with Gasteiger partial charge in [-0.05, 0) is 70.1 Å². The number of ether oxygens (including phenoxy) is 1. The molecule has 11 nitrogen and oxygen atoms in total. The molecule has 41 heavy (non-hydrogen) atoms. The van der Waals surface area contributed by atoms with Crippen LogP contribution in [0.5, 0.6) is 0 Å². The van der Waals surface area contributed by atoms with Gasteiger partial charge < -0.3 is 15.4 Å². The Bertz CT molecular complexity index is 1490. The number of carbonyl (C=O) groups excluding carboxylic acids is 1. The van der Waals surface area contributed by atoms with Crippen molar-refractivity contribution >= 4 is 17.6 Å². The van der Waals surface area contributed by atoms with Crippen molar-refractivity contribution in [3.8, 4) is 11.9 Å². The summed E-state index contributed by atoms with van der Waals surface area (Å²) in [6.07, 6.45) is 8.34. The Kier molecular flexibility index (Phi) is 7.99. The maximum absolute atomic E-state index is 13.5. The molecule has 0 saturated heterocycles. The van der Waals surface area contributed by atoms with Crippen molar-refractivity contribution in [2.24, 2.45) is 16.8 Å². The topological polar surface area (TPSA) is 146 Å². The summed E-state index contributed by atoms with van der Waals surface area (Å²) in [5.41, 5.74) is 1.72. The van der Waals surface area contributed by atoms with Crippen molar-refractivity contribution in [2.75, 3.05) is 12.4 Å². The minimum absolute atomic E-state index is 0.124. The van der Waals surface area contributed by atoms with Gasteiger partial charge in [0.1, 0.15) is 11.4 Å². The quantitative estimate of drug-likeness (QED) is 0.394. The van der Waals surface area contributed by atoms with Crippen molar-refractivity contribution in [1.29, 1.82) is 5.26 Å². The Hall–Kier alpha value is -4.37. The van der Waals surface area contributed by atoms with Gasteiger partial charge in [0.25, 0.3) is 5.91 Å². The number of aryl methyl sites for hydroxylation is 1. The van der Waals surface area contributed by atoms with Crippen LogP contribution < -0.4 is 10.6 Å². The first-order chi connectivity index (χ1) is 19.7. The number of hydrogen-bond donors (Lipinski definition) is 3. The number of nitrogens with zero attached hydrogens (tertiary/aromatic N) is 6. The highest BCUT2D eigenvalue weighted by Crippen LogP contribution is 2.41. The van der Waals surface area contributed by atoms with Crippen LogP contribution in [-0.2, 0) is 9.53 Å². The van der Waals surface area contributed by atoms with Crippen LogP contribution >= 0.6 is 0 Å². The van der Waals surface area contributed by atoms with E-state index in [-0.39, 0.29) is 29.8 Å². The predicted octanol–water partition coefficient (Wildman–Crippen LogP) is 4.17. The Labute approximate surface area is 237 Å². The highest BCUT2D eigenvalue weighted by Gasteiger charge is 2.45. The Balaban J connectivity index is 1.24. The molecule has 1 aliphatic carbocycles. The van der Waals surface area contributed by atoms with Crippen LogP contribution in [0, 0.1) is 35.9 Å². The minimum Gasteiger partial charge on any atom is -0.368 e. The Morgan fingerprint density at radius 2 is 2.07 bits per heavy atom. The van der Waals surface area contributed by atoms with E-state index in [2.05, 4.69) is 37.0 Å². The molecule has 3 atom stereocenters. The van der Waals surface area contributed by atoms with Crippen molar-refractivity contribution in [3.63, 3.8) is 0 Å².